The molecule has 0 aliphatic heterocycles. The summed E-state index contributed by atoms with van der Waals surface area (Å²) in [6.45, 7) is 0. The van der Waals surface area contributed by atoms with E-state index in [4.69, 9.17) is 5.73 Å². The maximum Gasteiger partial charge on any atom is 0.249 e. The molecule has 21 heavy (non-hydrogen) atoms. The highest BCUT2D eigenvalue weighted by Crippen LogP contribution is 2.17. The van der Waals surface area contributed by atoms with Crippen LogP contribution in [-0.2, 0) is 4.79 Å². The molecule has 0 bridgehead atoms. The molecule has 1 amide bonds. The number of primary amides is 1. The summed E-state index contributed by atoms with van der Waals surface area (Å²) in [5.74, 6) is -0.0377. The van der Waals surface area contributed by atoms with Gasteiger partial charge < -0.3 is 5.73 Å². The van der Waals surface area contributed by atoms with Gasteiger partial charge in [0.15, 0.2) is 5.82 Å². The number of hydrogen-bond donors (Lipinski definition) is 1. The number of hydrogen-bond acceptors (Lipinski definition) is 3. The lowest BCUT2D eigenvalue weighted by atomic mass is 10.1. The summed E-state index contributed by atoms with van der Waals surface area (Å²) in [6.07, 6.45) is 3.35. The molecule has 4 heteroatoms. The smallest absolute Gasteiger partial charge is 0.249 e. The molecule has 1 heterocycles. The van der Waals surface area contributed by atoms with Crippen molar-refractivity contribution in [1.82, 2.24) is 9.97 Å². The molecule has 2 N–H and O–H groups in total. The number of nitrogens with two attached hydrogens (primary N) is 1. The lowest BCUT2D eigenvalue weighted by Crippen LogP contribution is -2.13. The second-order valence-corrected chi connectivity index (χ2v) is 4.58. The summed E-state index contributed by atoms with van der Waals surface area (Å²) < 4.78 is 0. The van der Waals surface area contributed by atoms with Crippen molar-refractivity contribution >= 4 is 28.5 Å². The zero-order valence-electron chi connectivity index (χ0n) is 11.2. The lowest BCUT2D eigenvalue weighted by Gasteiger charge is -2.04. The van der Waals surface area contributed by atoms with Crippen LogP contribution in [0.5, 0.6) is 0 Å². The van der Waals surface area contributed by atoms with E-state index in [0.717, 1.165) is 16.5 Å². The Labute approximate surface area is 122 Å². The van der Waals surface area contributed by atoms with Crippen molar-refractivity contribution in [3.63, 3.8) is 0 Å². The average molecular weight is 275 g/mol. The van der Waals surface area contributed by atoms with Crippen LogP contribution in [0.25, 0.3) is 22.6 Å². The molecule has 4 nitrogen and oxygen atoms in total. The molecule has 0 fully saturated rings. The summed E-state index contributed by atoms with van der Waals surface area (Å²) >= 11 is 0. The average Bonchev–Trinajstić information content (AvgIpc) is 2.53. The molecule has 0 aliphatic carbocycles. The summed E-state index contributed by atoms with van der Waals surface area (Å²) in [6, 6.07) is 16.9. The molecule has 2 aromatic carbocycles. The van der Waals surface area contributed by atoms with Crippen LogP contribution in [0.15, 0.2) is 60.8 Å². The van der Waals surface area contributed by atoms with Gasteiger partial charge in [-0.15, -0.1) is 0 Å². The van der Waals surface area contributed by atoms with Crippen LogP contribution in [0.1, 0.15) is 11.4 Å². The van der Waals surface area contributed by atoms with Gasteiger partial charge in [0, 0.05) is 11.6 Å². The van der Waals surface area contributed by atoms with Crippen molar-refractivity contribution in [2.45, 2.75) is 0 Å². The molecule has 3 rings (SSSR count). The van der Waals surface area contributed by atoms with E-state index in [1.54, 1.807) is 12.3 Å². The molecule has 102 valence electrons. The third-order valence-electron chi connectivity index (χ3n) is 3.13. The van der Waals surface area contributed by atoms with Gasteiger partial charge in [-0.05, 0) is 17.7 Å². The highest BCUT2D eigenvalue weighted by molar-refractivity contribution is 6.23. The second-order valence-electron chi connectivity index (χ2n) is 4.58. The first-order chi connectivity index (χ1) is 10.2. The quantitative estimate of drug-likeness (QED) is 0.747. The summed E-state index contributed by atoms with van der Waals surface area (Å²) in [7, 11) is 0. The molecule has 0 radical (unpaired) electrons. The number of carbonyl (C=O) groups is 1. The second kappa shape index (κ2) is 5.54. The fourth-order valence-electron chi connectivity index (χ4n) is 2.10. The van der Waals surface area contributed by atoms with Gasteiger partial charge in [-0.2, -0.15) is 0 Å². The standard InChI is InChI=1S/C17H13N3O/c18-17(21)14(12-6-2-1-3-7-12)10-16-19-11-13-8-4-5-9-15(13)20-16/h1-11H,(H2,18,21). The van der Waals surface area contributed by atoms with Gasteiger partial charge in [-0.1, -0.05) is 48.5 Å². The number of carbonyl (C=O) groups excluding carboxylic acids is 1. The molecule has 0 unspecified atom stereocenters. The zero-order valence-corrected chi connectivity index (χ0v) is 11.2. The van der Waals surface area contributed by atoms with Crippen molar-refractivity contribution < 1.29 is 4.79 Å². The van der Waals surface area contributed by atoms with E-state index in [2.05, 4.69) is 9.97 Å². The first kappa shape index (κ1) is 13.0. The van der Waals surface area contributed by atoms with Crippen LogP contribution < -0.4 is 5.73 Å². The number of rotatable bonds is 3. The molecule has 0 aliphatic rings. The van der Waals surface area contributed by atoms with E-state index in [1.807, 2.05) is 54.6 Å². The molecular formula is C17H13N3O. The number of fused-ring (bicyclic) bond motifs is 1. The van der Waals surface area contributed by atoms with Crippen LogP contribution in [0, 0.1) is 0 Å². The molecule has 1 aromatic heterocycles. The Hall–Kier alpha value is -3.01. The first-order valence-corrected chi connectivity index (χ1v) is 6.53. The van der Waals surface area contributed by atoms with Crippen LogP contribution in [0.2, 0.25) is 0 Å². The highest BCUT2D eigenvalue weighted by Gasteiger charge is 2.09. The Bertz CT molecular complexity index is 826. The number of aromatic nitrogens is 2. The SMILES string of the molecule is NC(=O)C(=Cc1ncc2ccccc2n1)c1ccccc1. The van der Waals surface area contributed by atoms with Crippen LogP contribution in [0.3, 0.4) is 0 Å². The Morgan fingerprint density at radius 1 is 1.00 bits per heavy atom. The van der Waals surface area contributed by atoms with E-state index < -0.39 is 5.91 Å². The van der Waals surface area contributed by atoms with Crippen LogP contribution in [0.4, 0.5) is 0 Å². The minimum atomic E-state index is -0.502. The third kappa shape index (κ3) is 2.79. The Balaban J connectivity index is 2.09. The minimum absolute atomic E-state index is 0.394. The number of amides is 1. The fraction of sp³-hybridized carbons (Fsp3) is 0. The van der Waals surface area contributed by atoms with Gasteiger partial charge in [0.25, 0.3) is 0 Å². The molecule has 0 saturated carbocycles. The van der Waals surface area contributed by atoms with E-state index >= 15 is 0 Å². The van der Waals surface area contributed by atoms with Gasteiger partial charge in [0.2, 0.25) is 5.91 Å². The summed E-state index contributed by atoms with van der Waals surface area (Å²) in [5.41, 5.74) is 7.44. The monoisotopic (exact) mass is 275 g/mol. The lowest BCUT2D eigenvalue weighted by molar-refractivity contribution is -0.112. The van der Waals surface area contributed by atoms with Gasteiger partial charge in [-0.3, -0.25) is 4.79 Å². The van der Waals surface area contributed by atoms with Crippen molar-refractivity contribution in [3.05, 3.63) is 72.2 Å². The van der Waals surface area contributed by atoms with Gasteiger partial charge in [0.1, 0.15) is 0 Å². The van der Waals surface area contributed by atoms with Crippen molar-refractivity contribution in [2.75, 3.05) is 0 Å². The van der Waals surface area contributed by atoms with E-state index in [1.165, 1.54) is 0 Å². The van der Waals surface area contributed by atoms with Gasteiger partial charge >= 0.3 is 0 Å². The zero-order chi connectivity index (χ0) is 14.7. The number of para-hydroxylation sites is 1. The highest BCUT2D eigenvalue weighted by atomic mass is 16.1. The number of benzene rings is 2. The molecule has 0 spiro atoms. The van der Waals surface area contributed by atoms with Crippen molar-refractivity contribution in [2.24, 2.45) is 5.73 Å². The van der Waals surface area contributed by atoms with Crippen molar-refractivity contribution in [1.29, 1.82) is 0 Å². The fourth-order valence-corrected chi connectivity index (χ4v) is 2.10. The predicted octanol–water partition coefficient (Wildman–Crippen LogP) is 2.66. The topological polar surface area (TPSA) is 68.9 Å². The van der Waals surface area contributed by atoms with Crippen molar-refractivity contribution in [3.8, 4) is 0 Å². The van der Waals surface area contributed by atoms with Gasteiger partial charge in [-0.25, -0.2) is 9.97 Å². The minimum Gasteiger partial charge on any atom is -0.366 e. The maximum absolute atomic E-state index is 11.7. The van der Waals surface area contributed by atoms with Crippen LogP contribution in [-0.4, -0.2) is 15.9 Å². The molecule has 0 saturated heterocycles. The normalized spacial score (nSPS) is 11.5. The predicted molar refractivity (Wildman–Crippen MR) is 83.0 cm³/mol. The Morgan fingerprint density at radius 3 is 2.48 bits per heavy atom. The first-order valence-electron chi connectivity index (χ1n) is 6.53. The molecule has 3 aromatic rings. The Kier molecular flexibility index (Phi) is 3.43. The third-order valence-corrected chi connectivity index (χ3v) is 3.13. The van der Waals surface area contributed by atoms with E-state index in [0.29, 0.717) is 11.4 Å². The van der Waals surface area contributed by atoms with E-state index in [-0.39, 0.29) is 0 Å². The van der Waals surface area contributed by atoms with E-state index in [9.17, 15) is 4.79 Å². The Morgan fingerprint density at radius 2 is 1.71 bits per heavy atom. The molecule has 0 atom stereocenters. The van der Waals surface area contributed by atoms with Gasteiger partial charge in [0.05, 0.1) is 11.1 Å². The van der Waals surface area contributed by atoms with Crippen LogP contribution >= 0.6 is 0 Å². The summed E-state index contributed by atoms with van der Waals surface area (Å²) in [4.78, 5) is 20.4. The molecular weight excluding hydrogens is 262 g/mol. The summed E-state index contributed by atoms with van der Waals surface area (Å²) in [5, 5.41) is 0.954. The number of nitrogens with zero attached hydrogens (tertiary/aromatic N) is 2. The largest absolute Gasteiger partial charge is 0.366 e. The maximum atomic E-state index is 11.7.